The van der Waals surface area contributed by atoms with E-state index in [1.165, 1.54) is 11.4 Å². The zero-order chi connectivity index (χ0) is 17.9. The fourth-order valence-electron chi connectivity index (χ4n) is 2.55. The molecule has 0 fully saturated rings. The van der Waals surface area contributed by atoms with Crippen molar-refractivity contribution in [2.75, 3.05) is 7.11 Å². The van der Waals surface area contributed by atoms with E-state index < -0.39 is 10.0 Å². The lowest BCUT2D eigenvalue weighted by atomic mass is 10.3. The average molecular weight is 377 g/mol. The Labute approximate surface area is 152 Å². The first kappa shape index (κ1) is 17.7. The first-order valence-electron chi connectivity index (χ1n) is 7.77. The van der Waals surface area contributed by atoms with Gasteiger partial charge < -0.3 is 9.30 Å². The quantitative estimate of drug-likeness (QED) is 0.634. The predicted octanol–water partition coefficient (Wildman–Crippen LogP) is 3.49. The average Bonchev–Trinajstić information content (AvgIpc) is 3.26. The molecule has 0 aliphatic carbocycles. The highest BCUT2D eigenvalue weighted by Crippen LogP contribution is 2.25. The molecular weight excluding hydrogens is 356 g/mol. The third kappa shape index (κ3) is 3.95. The maximum absolute atomic E-state index is 13.2. The Morgan fingerprint density at radius 1 is 1.12 bits per heavy atom. The van der Waals surface area contributed by atoms with Gasteiger partial charge in [0.25, 0.3) is 0 Å². The Balaban J connectivity index is 1.98. The van der Waals surface area contributed by atoms with E-state index in [2.05, 4.69) is 0 Å². The van der Waals surface area contributed by atoms with E-state index >= 15 is 0 Å². The summed E-state index contributed by atoms with van der Waals surface area (Å²) in [7, 11) is -0.216. The van der Waals surface area contributed by atoms with E-state index in [9.17, 15) is 8.42 Å². The Kier molecular flexibility index (Phi) is 5.27. The summed E-state index contributed by atoms with van der Waals surface area (Å²) in [5.41, 5.74) is 0.933. The van der Waals surface area contributed by atoms with Crippen molar-refractivity contribution in [1.29, 1.82) is 0 Å². The van der Waals surface area contributed by atoms with Crippen molar-refractivity contribution in [2.24, 2.45) is 7.05 Å². The van der Waals surface area contributed by atoms with Crippen LogP contribution in [0, 0.1) is 0 Å². The first-order chi connectivity index (χ1) is 12.0. The lowest BCUT2D eigenvalue weighted by molar-refractivity contribution is 0.393. The maximum atomic E-state index is 13.2. The van der Waals surface area contributed by atoms with Crippen molar-refractivity contribution in [3.8, 4) is 5.75 Å². The summed E-state index contributed by atoms with van der Waals surface area (Å²) in [6, 6.07) is 14.3. The molecule has 5 nitrogen and oxygen atoms in total. The van der Waals surface area contributed by atoms with E-state index in [0.29, 0.717) is 18.8 Å². The molecule has 3 rings (SSSR count). The van der Waals surface area contributed by atoms with Crippen LogP contribution >= 0.6 is 11.3 Å². The molecule has 132 valence electrons. The van der Waals surface area contributed by atoms with Crippen molar-refractivity contribution in [3.63, 3.8) is 0 Å². The largest absolute Gasteiger partial charge is 0.497 e. The molecule has 0 aliphatic rings. The van der Waals surface area contributed by atoms with Gasteiger partial charge in [-0.25, -0.2) is 8.42 Å². The van der Waals surface area contributed by atoms with Gasteiger partial charge in [0.05, 0.1) is 18.6 Å². The second kappa shape index (κ2) is 7.43. The number of hydrogen-bond acceptors (Lipinski definition) is 4. The zero-order valence-electron chi connectivity index (χ0n) is 14.1. The van der Waals surface area contributed by atoms with Crippen molar-refractivity contribution in [1.82, 2.24) is 8.87 Å². The minimum atomic E-state index is -3.66. The molecule has 2 aromatic heterocycles. The summed E-state index contributed by atoms with van der Waals surface area (Å²) in [5.74, 6) is 0.524. The van der Waals surface area contributed by atoms with Crippen LogP contribution in [0.25, 0.3) is 0 Å². The van der Waals surface area contributed by atoms with Gasteiger partial charge in [-0.3, -0.25) is 0 Å². The summed E-state index contributed by atoms with van der Waals surface area (Å²) in [6.45, 7) is 0.642. The zero-order valence-corrected chi connectivity index (χ0v) is 15.8. The minimum Gasteiger partial charge on any atom is -0.497 e. The van der Waals surface area contributed by atoms with Gasteiger partial charge in [-0.15, -0.1) is 11.3 Å². The van der Waals surface area contributed by atoms with Gasteiger partial charge in [-0.2, -0.15) is 4.31 Å². The number of sulfonamides is 1. The van der Waals surface area contributed by atoms with Crippen molar-refractivity contribution in [2.45, 2.75) is 18.0 Å². The fraction of sp³-hybridized carbons (Fsp3) is 0.222. The monoisotopic (exact) mass is 376 g/mol. The minimum absolute atomic E-state index is 0.234. The summed E-state index contributed by atoms with van der Waals surface area (Å²) in [4.78, 5) is 1.23. The smallest absolute Gasteiger partial charge is 0.243 e. The molecule has 0 aliphatic heterocycles. The third-order valence-corrected chi connectivity index (χ3v) is 6.63. The van der Waals surface area contributed by atoms with E-state index in [0.717, 1.165) is 10.6 Å². The maximum Gasteiger partial charge on any atom is 0.243 e. The summed E-state index contributed by atoms with van der Waals surface area (Å²) in [5, 5.41) is 1.95. The number of aromatic nitrogens is 1. The topological polar surface area (TPSA) is 51.5 Å². The van der Waals surface area contributed by atoms with Gasteiger partial charge in [0, 0.05) is 36.4 Å². The molecule has 0 saturated carbocycles. The second-order valence-corrected chi connectivity index (χ2v) is 8.61. The SMILES string of the molecule is COc1cccc(S(=O)(=O)N(Cc2cccs2)Cc2cccn2C)c1. The summed E-state index contributed by atoms with van der Waals surface area (Å²) < 4.78 is 35.1. The lowest BCUT2D eigenvalue weighted by Crippen LogP contribution is -2.30. The van der Waals surface area contributed by atoms with Crippen LogP contribution in [0.1, 0.15) is 10.6 Å². The Hall–Kier alpha value is -2.09. The van der Waals surface area contributed by atoms with Crippen LogP contribution in [0.15, 0.2) is 65.0 Å². The standard InChI is InChI=1S/C18H20N2O3S2/c1-19-10-4-6-15(19)13-20(14-17-8-5-11-24-17)25(21,22)18-9-3-7-16(12-18)23-2/h3-12H,13-14H2,1-2H3. The Bertz CT molecular complexity index is 931. The predicted molar refractivity (Wildman–Crippen MR) is 99.2 cm³/mol. The van der Waals surface area contributed by atoms with Crippen LogP contribution in [0.3, 0.4) is 0 Å². The number of nitrogens with zero attached hydrogens (tertiary/aromatic N) is 2. The summed E-state index contributed by atoms with van der Waals surface area (Å²) >= 11 is 1.55. The number of rotatable bonds is 7. The molecule has 25 heavy (non-hydrogen) atoms. The fourth-order valence-corrected chi connectivity index (χ4v) is 4.78. The molecule has 7 heteroatoms. The van der Waals surface area contributed by atoms with E-state index in [-0.39, 0.29) is 4.90 Å². The molecule has 2 heterocycles. The number of aryl methyl sites for hydroxylation is 1. The van der Waals surface area contributed by atoms with Crippen LogP contribution < -0.4 is 4.74 Å². The number of benzene rings is 1. The van der Waals surface area contributed by atoms with Gasteiger partial charge in [0.1, 0.15) is 5.75 Å². The van der Waals surface area contributed by atoms with Crippen LogP contribution in [-0.2, 0) is 30.2 Å². The van der Waals surface area contributed by atoms with Crippen LogP contribution in [0.4, 0.5) is 0 Å². The highest BCUT2D eigenvalue weighted by molar-refractivity contribution is 7.89. The molecule has 1 aromatic carbocycles. The van der Waals surface area contributed by atoms with Crippen molar-refractivity contribution >= 4 is 21.4 Å². The molecule has 0 N–H and O–H groups in total. The highest BCUT2D eigenvalue weighted by atomic mass is 32.2. The third-order valence-electron chi connectivity index (χ3n) is 3.98. The first-order valence-corrected chi connectivity index (χ1v) is 10.1. The van der Waals surface area contributed by atoms with Crippen LogP contribution in [0.5, 0.6) is 5.75 Å². The van der Waals surface area contributed by atoms with Gasteiger partial charge >= 0.3 is 0 Å². The summed E-state index contributed by atoms with van der Waals surface area (Å²) in [6.07, 6.45) is 1.91. The molecule has 0 radical (unpaired) electrons. The molecular formula is C18H20N2O3S2. The normalized spacial score (nSPS) is 11.8. The molecule has 0 saturated heterocycles. The molecule has 0 spiro atoms. The van der Waals surface area contributed by atoms with Gasteiger partial charge in [0.15, 0.2) is 0 Å². The van der Waals surface area contributed by atoms with Gasteiger partial charge in [-0.05, 0) is 35.7 Å². The second-order valence-electron chi connectivity index (χ2n) is 5.64. The molecule has 0 atom stereocenters. The molecule has 0 bridgehead atoms. The van der Waals surface area contributed by atoms with Gasteiger partial charge in [0.2, 0.25) is 10.0 Å². The Morgan fingerprint density at radius 2 is 1.96 bits per heavy atom. The van der Waals surface area contributed by atoms with E-state index in [4.69, 9.17) is 4.74 Å². The van der Waals surface area contributed by atoms with Crippen molar-refractivity contribution in [3.05, 3.63) is 70.7 Å². The number of methoxy groups -OCH3 is 1. The number of hydrogen-bond donors (Lipinski definition) is 0. The number of thiophene rings is 1. The lowest BCUT2D eigenvalue weighted by Gasteiger charge is -2.22. The van der Waals surface area contributed by atoms with Crippen LogP contribution in [-0.4, -0.2) is 24.4 Å². The molecule has 3 aromatic rings. The van der Waals surface area contributed by atoms with Crippen LogP contribution in [0.2, 0.25) is 0 Å². The Morgan fingerprint density at radius 3 is 2.60 bits per heavy atom. The highest BCUT2D eigenvalue weighted by Gasteiger charge is 2.26. The molecule has 0 unspecified atom stereocenters. The van der Waals surface area contributed by atoms with Gasteiger partial charge in [-0.1, -0.05) is 12.1 Å². The van der Waals surface area contributed by atoms with Crippen molar-refractivity contribution < 1.29 is 13.2 Å². The van der Waals surface area contributed by atoms with E-state index in [1.54, 1.807) is 35.6 Å². The van der Waals surface area contributed by atoms with E-state index in [1.807, 2.05) is 47.5 Å². The number of ether oxygens (including phenoxy) is 1. The molecule has 0 amide bonds.